The number of fused-ring (bicyclic) bond motifs is 1. The number of carbonyl (C=O) groups is 1. The number of anilines is 1. The largest absolute Gasteiger partial charge is 0.326 e. The minimum atomic E-state index is -0.381. The topological polar surface area (TPSA) is 95.6 Å². The molecule has 3 aromatic rings. The van der Waals surface area contributed by atoms with Gasteiger partial charge in [0.05, 0.1) is 22.4 Å². The fraction of sp³-hybridized carbons (Fsp3) is 0.154. The average Bonchev–Trinajstić information content (AvgIpc) is 3.08. The van der Waals surface area contributed by atoms with Gasteiger partial charge < -0.3 is 10.3 Å². The summed E-state index contributed by atoms with van der Waals surface area (Å²) in [6.45, 7) is 2.20. The van der Waals surface area contributed by atoms with E-state index in [0.29, 0.717) is 22.8 Å². The van der Waals surface area contributed by atoms with Gasteiger partial charge in [0.25, 0.3) is 5.91 Å². The second-order valence-electron chi connectivity index (χ2n) is 4.43. The molecule has 8 heteroatoms. The van der Waals surface area contributed by atoms with Crippen LogP contribution in [-0.4, -0.2) is 25.7 Å². The first-order valence-corrected chi connectivity index (χ1v) is 6.70. The molecule has 0 saturated heterocycles. The Kier molecular flexibility index (Phi) is 3.26. The van der Waals surface area contributed by atoms with Crippen molar-refractivity contribution in [1.82, 2.24) is 19.7 Å². The van der Waals surface area contributed by atoms with Gasteiger partial charge in [-0.1, -0.05) is 11.6 Å². The smallest absolute Gasteiger partial charge is 0.319 e. The Morgan fingerprint density at radius 2 is 2.29 bits per heavy atom. The molecular weight excluding hydrogens is 294 g/mol. The van der Waals surface area contributed by atoms with Crippen LogP contribution in [0.1, 0.15) is 17.4 Å². The molecule has 0 aliphatic rings. The van der Waals surface area contributed by atoms with E-state index in [1.54, 1.807) is 25.3 Å². The monoisotopic (exact) mass is 305 g/mol. The van der Waals surface area contributed by atoms with E-state index in [1.165, 1.54) is 10.8 Å². The number of hydrogen-bond donors (Lipinski definition) is 3. The van der Waals surface area contributed by atoms with Gasteiger partial charge in [-0.3, -0.25) is 14.5 Å². The summed E-state index contributed by atoms with van der Waals surface area (Å²) in [4.78, 5) is 26.3. The van der Waals surface area contributed by atoms with E-state index in [-0.39, 0.29) is 17.3 Å². The Labute approximate surface area is 123 Å². The summed E-state index contributed by atoms with van der Waals surface area (Å²) in [5, 5.41) is 10.7. The molecule has 7 nitrogen and oxygen atoms in total. The number of carbonyl (C=O) groups excluding carboxylic acids is 1. The molecule has 1 aromatic carbocycles. The molecule has 1 amide bonds. The zero-order chi connectivity index (χ0) is 15.0. The SMILES string of the molecule is CCn1c(C(=O)Nc2ccc(Cl)c3cn[nH]c23)c[nH]c1=O. The highest BCUT2D eigenvalue weighted by Crippen LogP contribution is 2.28. The summed E-state index contributed by atoms with van der Waals surface area (Å²) in [5.74, 6) is -0.381. The van der Waals surface area contributed by atoms with Crippen LogP contribution in [0.5, 0.6) is 0 Å². The number of hydrogen-bond acceptors (Lipinski definition) is 3. The Hall–Kier alpha value is -2.54. The lowest BCUT2D eigenvalue weighted by Crippen LogP contribution is -2.23. The molecule has 2 heterocycles. The summed E-state index contributed by atoms with van der Waals surface area (Å²) in [6, 6.07) is 3.36. The molecule has 3 N–H and O–H groups in total. The van der Waals surface area contributed by atoms with Crippen molar-refractivity contribution in [3.63, 3.8) is 0 Å². The normalized spacial score (nSPS) is 11.0. The summed E-state index contributed by atoms with van der Waals surface area (Å²) < 4.78 is 1.36. The van der Waals surface area contributed by atoms with E-state index in [4.69, 9.17) is 11.6 Å². The standard InChI is InChI=1S/C13H12ClN5O2/c1-2-19-10(6-15-13(19)21)12(20)17-9-4-3-8(14)7-5-16-18-11(7)9/h3-6H,2H2,1H3,(H,15,21)(H,16,18)(H,17,20). The van der Waals surface area contributed by atoms with Crippen molar-refractivity contribution in [3.8, 4) is 0 Å². The van der Waals surface area contributed by atoms with Gasteiger partial charge in [-0.2, -0.15) is 5.10 Å². The average molecular weight is 306 g/mol. The molecule has 0 fully saturated rings. The minimum absolute atomic E-state index is 0.269. The van der Waals surface area contributed by atoms with Gasteiger partial charge in [-0.15, -0.1) is 0 Å². The van der Waals surface area contributed by atoms with E-state index in [9.17, 15) is 9.59 Å². The first-order valence-electron chi connectivity index (χ1n) is 6.33. The third-order valence-electron chi connectivity index (χ3n) is 3.23. The molecular formula is C13H12ClN5O2. The molecule has 0 radical (unpaired) electrons. The Balaban J connectivity index is 1.99. The number of aromatic amines is 2. The van der Waals surface area contributed by atoms with Crippen LogP contribution in [0, 0.1) is 0 Å². The van der Waals surface area contributed by atoms with Crippen LogP contribution in [-0.2, 0) is 6.54 Å². The van der Waals surface area contributed by atoms with Crippen LogP contribution in [0.3, 0.4) is 0 Å². The molecule has 3 rings (SSSR count). The van der Waals surface area contributed by atoms with Crippen molar-refractivity contribution in [1.29, 1.82) is 0 Å². The first-order chi connectivity index (χ1) is 10.1. The van der Waals surface area contributed by atoms with E-state index in [1.807, 2.05) is 0 Å². The highest BCUT2D eigenvalue weighted by atomic mass is 35.5. The number of H-pyrrole nitrogens is 2. The van der Waals surface area contributed by atoms with Crippen molar-refractivity contribution < 1.29 is 4.79 Å². The van der Waals surface area contributed by atoms with Crippen LogP contribution in [0.15, 0.2) is 29.3 Å². The van der Waals surface area contributed by atoms with Gasteiger partial charge in [0.1, 0.15) is 5.69 Å². The summed E-state index contributed by atoms with van der Waals surface area (Å²) in [6.07, 6.45) is 2.98. The number of benzene rings is 1. The summed E-state index contributed by atoms with van der Waals surface area (Å²) in [5.41, 5.74) is 1.14. The molecule has 0 atom stereocenters. The number of amides is 1. The lowest BCUT2D eigenvalue weighted by molar-refractivity contribution is 0.101. The van der Waals surface area contributed by atoms with Gasteiger partial charge in [-0.05, 0) is 19.1 Å². The maximum atomic E-state index is 12.3. The van der Waals surface area contributed by atoms with Crippen LogP contribution >= 0.6 is 11.6 Å². The maximum Gasteiger partial charge on any atom is 0.326 e. The number of nitrogens with one attached hydrogen (secondary N) is 3. The Morgan fingerprint density at radius 1 is 1.48 bits per heavy atom. The maximum absolute atomic E-state index is 12.3. The molecule has 0 saturated carbocycles. The zero-order valence-corrected chi connectivity index (χ0v) is 11.9. The quantitative estimate of drug-likeness (QED) is 0.690. The third-order valence-corrected chi connectivity index (χ3v) is 3.56. The van der Waals surface area contributed by atoms with Crippen LogP contribution in [0.25, 0.3) is 10.9 Å². The fourth-order valence-electron chi connectivity index (χ4n) is 2.19. The number of aromatic nitrogens is 4. The van der Waals surface area contributed by atoms with Crippen LogP contribution in [0.4, 0.5) is 5.69 Å². The lowest BCUT2D eigenvalue weighted by Gasteiger charge is -2.08. The zero-order valence-electron chi connectivity index (χ0n) is 11.1. The number of nitrogens with zero attached hydrogens (tertiary/aromatic N) is 2. The number of imidazole rings is 1. The molecule has 21 heavy (non-hydrogen) atoms. The fourth-order valence-corrected chi connectivity index (χ4v) is 2.40. The summed E-state index contributed by atoms with van der Waals surface area (Å²) >= 11 is 6.05. The van der Waals surface area contributed by atoms with Gasteiger partial charge in [0, 0.05) is 18.1 Å². The molecule has 0 bridgehead atoms. The lowest BCUT2D eigenvalue weighted by atomic mass is 10.2. The molecule has 0 unspecified atom stereocenters. The Morgan fingerprint density at radius 3 is 3.05 bits per heavy atom. The van der Waals surface area contributed by atoms with Crippen molar-refractivity contribution in [2.24, 2.45) is 0 Å². The molecule has 0 spiro atoms. The molecule has 2 aromatic heterocycles. The molecule has 0 aliphatic heterocycles. The van der Waals surface area contributed by atoms with Crippen LogP contribution < -0.4 is 11.0 Å². The predicted octanol–water partition coefficient (Wildman–Crippen LogP) is 1.98. The van der Waals surface area contributed by atoms with Crippen LogP contribution in [0.2, 0.25) is 5.02 Å². The molecule has 0 aliphatic carbocycles. The van der Waals surface area contributed by atoms with Gasteiger partial charge in [0.2, 0.25) is 0 Å². The van der Waals surface area contributed by atoms with Crippen molar-refractivity contribution in [3.05, 3.63) is 45.7 Å². The third kappa shape index (κ3) is 2.21. The van der Waals surface area contributed by atoms with E-state index < -0.39 is 0 Å². The second kappa shape index (κ2) is 5.10. The summed E-state index contributed by atoms with van der Waals surface area (Å²) in [7, 11) is 0. The number of rotatable bonds is 3. The van der Waals surface area contributed by atoms with Crippen molar-refractivity contribution >= 4 is 34.1 Å². The highest BCUT2D eigenvalue weighted by molar-refractivity contribution is 6.36. The van der Waals surface area contributed by atoms with Crippen molar-refractivity contribution in [2.75, 3.05) is 5.32 Å². The van der Waals surface area contributed by atoms with Gasteiger partial charge >= 0.3 is 5.69 Å². The highest BCUT2D eigenvalue weighted by Gasteiger charge is 2.15. The van der Waals surface area contributed by atoms with Crippen molar-refractivity contribution in [2.45, 2.75) is 13.5 Å². The molecule has 108 valence electrons. The van der Waals surface area contributed by atoms with Gasteiger partial charge in [0.15, 0.2) is 0 Å². The van der Waals surface area contributed by atoms with E-state index >= 15 is 0 Å². The first kappa shape index (κ1) is 13.4. The minimum Gasteiger partial charge on any atom is -0.319 e. The van der Waals surface area contributed by atoms with E-state index in [0.717, 1.165) is 5.39 Å². The van der Waals surface area contributed by atoms with Gasteiger partial charge in [-0.25, -0.2) is 4.79 Å². The van der Waals surface area contributed by atoms with E-state index in [2.05, 4.69) is 20.5 Å². The number of halogens is 1. The Bertz CT molecular complexity index is 876. The second-order valence-corrected chi connectivity index (χ2v) is 4.84. The predicted molar refractivity (Wildman–Crippen MR) is 79.8 cm³/mol.